The quantitative estimate of drug-likeness (QED) is 0.598. The third kappa shape index (κ3) is 5.59. The molecule has 1 atom stereocenters. The number of hydrogen-bond acceptors (Lipinski definition) is 6. The van der Waals surface area contributed by atoms with Gasteiger partial charge in [-0.05, 0) is 43.9 Å². The number of aryl methyl sites for hydroxylation is 1. The summed E-state index contributed by atoms with van der Waals surface area (Å²) in [5.74, 6) is -0.464. The van der Waals surface area contributed by atoms with Crippen molar-refractivity contribution < 1.29 is 27.5 Å². The molecule has 2 aliphatic rings. The number of likely N-dealkylation sites (tertiary alicyclic amines) is 1. The number of hydrogen-bond donors (Lipinski definition) is 0. The molecule has 0 bridgehead atoms. The van der Waals surface area contributed by atoms with E-state index in [9.17, 15) is 18.0 Å². The van der Waals surface area contributed by atoms with Crippen molar-refractivity contribution in [3.8, 4) is 0 Å². The summed E-state index contributed by atoms with van der Waals surface area (Å²) < 4.78 is 37.1. The third-order valence-electron chi connectivity index (χ3n) is 5.55. The first-order valence-corrected chi connectivity index (χ1v) is 12.0. The Balaban J connectivity index is 1.53. The highest BCUT2D eigenvalue weighted by molar-refractivity contribution is 7.89. The van der Waals surface area contributed by atoms with Crippen LogP contribution in [0.15, 0.2) is 29.2 Å². The zero-order valence-electron chi connectivity index (χ0n) is 17.4. The predicted molar refractivity (Wildman–Crippen MR) is 110 cm³/mol. The van der Waals surface area contributed by atoms with Gasteiger partial charge in [0, 0.05) is 32.6 Å². The number of ether oxygens (including phenoxy) is 2. The second kappa shape index (κ2) is 10.4. The van der Waals surface area contributed by atoms with Crippen LogP contribution in [0.25, 0.3) is 0 Å². The molecule has 1 aromatic carbocycles. The normalized spacial score (nSPS) is 20.7. The van der Waals surface area contributed by atoms with E-state index in [4.69, 9.17) is 9.47 Å². The Morgan fingerprint density at radius 1 is 1.13 bits per heavy atom. The number of morpholine rings is 1. The van der Waals surface area contributed by atoms with Crippen molar-refractivity contribution in [2.45, 2.75) is 37.5 Å². The molecule has 2 fully saturated rings. The molecule has 1 aromatic rings. The molecule has 0 radical (unpaired) electrons. The van der Waals surface area contributed by atoms with E-state index in [1.54, 1.807) is 36.1 Å². The number of rotatable bonds is 7. The first kappa shape index (κ1) is 22.7. The molecule has 0 aliphatic carbocycles. The van der Waals surface area contributed by atoms with E-state index in [2.05, 4.69) is 0 Å². The monoisotopic (exact) mass is 438 g/mol. The first-order chi connectivity index (χ1) is 14.4. The standard InChI is InChI=1S/C21H30N2O6S/c1-2-29-21(25)18-4-3-11-22(16-18)20(24)10-7-17-5-8-19(9-6-17)30(26,27)23-12-14-28-15-13-23/h5-6,8-9,18H,2-4,7,10-16H2,1H3. The molecule has 30 heavy (non-hydrogen) atoms. The van der Waals surface area contributed by atoms with Crippen molar-refractivity contribution in [2.24, 2.45) is 5.92 Å². The summed E-state index contributed by atoms with van der Waals surface area (Å²) >= 11 is 0. The lowest BCUT2D eigenvalue weighted by molar-refractivity contribution is -0.151. The number of esters is 1. The Hall–Kier alpha value is -1.97. The number of carbonyl (C=O) groups is 2. The van der Waals surface area contributed by atoms with E-state index in [0.29, 0.717) is 58.8 Å². The van der Waals surface area contributed by atoms with Gasteiger partial charge in [-0.1, -0.05) is 12.1 Å². The molecule has 0 N–H and O–H groups in total. The minimum absolute atomic E-state index is 0.00835. The van der Waals surface area contributed by atoms with Crippen LogP contribution in [-0.2, 0) is 35.5 Å². The minimum atomic E-state index is -3.51. The summed E-state index contributed by atoms with van der Waals surface area (Å²) in [5, 5.41) is 0. The molecular weight excluding hydrogens is 408 g/mol. The van der Waals surface area contributed by atoms with Gasteiger partial charge >= 0.3 is 5.97 Å². The lowest BCUT2D eigenvalue weighted by Crippen LogP contribution is -2.42. The van der Waals surface area contributed by atoms with Gasteiger partial charge in [-0.2, -0.15) is 4.31 Å². The molecule has 166 valence electrons. The smallest absolute Gasteiger partial charge is 0.310 e. The molecule has 2 heterocycles. The summed E-state index contributed by atoms with van der Waals surface area (Å²) in [6, 6.07) is 6.72. The van der Waals surface area contributed by atoms with E-state index in [-0.39, 0.29) is 22.7 Å². The maximum Gasteiger partial charge on any atom is 0.310 e. The van der Waals surface area contributed by atoms with E-state index in [1.165, 1.54) is 4.31 Å². The van der Waals surface area contributed by atoms with Gasteiger partial charge in [0.15, 0.2) is 0 Å². The summed E-state index contributed by atoms with van der Waals surface area (Å²) in [7, 11) is -3.51. The van der Waals surface area contributed by atoms with Gasteiger partial charge in [0.25, 0.3) is 0 Å². The second-order valence-electron chi connectivity index (χ2n) is 7.59. The minimum Gasteiger partial charge on any atom is -0.466 e. The van der Waals surface area contributed by atoms with Crippen LogP contribution in [0.1, 0.15) is 31.7 Å². The summed E-state index contributed by atoms with van der Waals surface area (Å²) in [6.45, 7) is 4.74. The van der Waals surface area contributed by atoms with Crippen LogP contribution in [0.5, 0.6) is 0 Å². The maximum absolute atomic E-state index is 12.7. The van der Waals surface area contributed by atoms with Crippen LogP contribution in [0.4, 0.5) is 0 Å². The number of amides is 1. The molecule has 0 aromatic heterocycles. The molecule has 0 spiro atoms. The number of carbonyl (C=O) groups excluding carboxylic acids is 2. The highest BCUT2D eigenvalue weighted by Gasteiger charge is 2.29. The molecule has 8 nitrogen and oxygen atoms in total. The topological polar surface area (TPSA) is 93.2 Å². The van der Waals surface area contributed by atoms with Crippen LogP contribution >= 0.6 is 0 Å². The van der Waals surface area contributed by atoms with Crippen molar-refractivity contribution in [3.63, 3.8) is 0 Å². The highest BCUT2D eigenvalue weighted by atomic mass is 32.2. The fourth-order valence-corrected chi connectivity index (χ4v) is 5.24. The van der Waals surface area contributed by atoms with Gasteiger partial charge in [-0.25, -0.2) is 8.42 Å². The third-order valence-corrected chi connectivity index (χ3v) is 7.47. The number of piperidine rings is 1. The van der Waals surface area contributed by atoms with Gasteiger partial charge in [0.2, 0.25) is 15.9 Å². The molecule has 2 saturated heterocycles. The SMILES string of the molecule is CCOC(=O)C1CCCN(C(=O)CCc2ccc(S(=O)(=O)N3CCOCC3)cc2)C1. The van der Waals surface area contributed by atoms with E-state index >= 15 is 0 Å². The fourth-order valence-electron chi connectivity index (χ4n) is 3.83. The van der Waals surface area contributed by atoms with Gasteiger partial charge in [0.1, 0.15) is 0 Å². The van der Waals surface area contributed by atoms with E-state index < -0.39 is 10.0 Å². The molecular formula is C21H30N2O6S. The molecule has 3 rings (SSSR count). The highest BCUT2D eigenvalue weighted by Crippen LogP contribution is 2.21. The average molecular weight is 439 g/mol. The Bertz CT molecular complexity index is 834. The lowest BCUT2D eigenvalue weighted by atomic mass is 9.97. The Labute approximate surface area is 178 Å². The summed E-state index contributed by atoms with van der Waals surface area (Å²) in [4.78, 5) is 26.5. The molecule has 1 unspecified atom stereocenters. The van der Waals surface area contributed by atoms with Crippen molar-refractivity contribution in [1.29, 1.82) is 0 Å². The van der Waals surface area contributed by atoms with Crippen LogP contribution in [0, 0.1) is 5.92 Å². The van der Waals surface area contributed by atoms with Crippen LogP contribution in [0.3, 0.4) is 0 Å². The molecule has 1 amide bonds. The Kier molecular flexibility index (Phi) is 7.85. The maximum atomic E-state index is 12.7. The van der Waals surface area contributed by atoms with E-state index in [0.717, 1.165) is 18.4 Å². The number of sulfonamides is 1. The lowest BCUT2D eigenvalue weighted by Gasteiger charge is -2.31. The number of benzene rings is 1. The zero-order valence-corrected chi connectivity index (χ0v) is 18.2. The van der Waals surface area contributed by atoms with Crippen LogP contribution < -0.4 is 0 Å². The van der Waals surface area contributed by atoms with Gasteiger partial charge in [-0.3, -0.25) is 9.59 Å². The predicted octanol–water partition coefficient (Wildman–Crippen LogP) is 1.44. The van der Waals surface area contributed by atoms with Gasteiger partial charge in [-0.15, -0.1) is 0 Å². The van der Waals surface area contributed by atoms with E-state index in [1.807, 2.05) is 0 Å². The van der Waals surface area contributed by atoms with Crippen LogP contribution in [-0.4, -0.2) is 75.5 Å². The number of nitrogens with zero attached hydrogens (tertiary/aromatic N) is 2. The zero-order chi connectivity index (χ0) is 21.6. The van der Waals surface area contributed by atoms with Crippen molar-refractivity contribution in [2.75, 3.05) is 46.0 Å². The molecule has 0 saturated carbocycles. The summed E-state index contributed by atoms with van der Waals surface area (Å²) in [5.41, 5.74) is 0.906. The van der Waals surface area contributed by atoms with Gasteiger partial charge < -0.3 is 14.4 Å². The Morgan fingerprint density at radius 3 is 2.50 bits per heavy atom. The van der Waals surface area contributed by atoms with Crippen molar-refractivity contribution >= 4 is 21.9 Å². The fraction of sp³-hybridized carbons (Fsp3) is 0.619. The average Bonchev–Trinajstić information content (AvgIpc) is 2.78. The van der Waals surface area contributed by atoms with Crippen molar-refractivity contribution in [1.82, 2.24) is 9.21 Å². The molecule has 9 heteroatoms. The molecule has 2 aliphatic heterocycles. The Morgan fingerprint density at radius 2 is 1.83 bits per heavy atom. The van der Waals surface area contributed by atoms with Crippen molar-refractivity contribution in [3.05, 3.63) is 29.8 Å². The summed E-state index contributed by atoms with van der Waals surface area (Å²) in [6.07, 6.45) is 2.40. The second-order valence-corrected chi connectivity index (χ2v) is 9.53. The van der Waals surface area contributed by atoms with Crippen LogP contribution in [0.2, 0.25) is 0 Å². The van der Waals surface area contributed by atoms with Gasteiger partial charge in [0.05, 0.1) is 30.6 Å². The first-order valence-electron chi connectivity index (χ1n) is 10.5. The largest absolute Gasteiger partial charge is 0.466 e.